The summed E-state index contributed by atoms with van der Waals surface area (Å²) >= 11 is 1.76. The van der Waals surface area contributed by atoms with E-state index < -0.39 is 0 Å². The fraction of sp³-hybridized carbons (Fsp3) is 0.474. The molecule has 4 nitrogen and oxygen atoms in total. The summed E-state index contributed by atoms with van der Waals surface area (Å²) in [6.45, 7) is 4.66. The van der Waals surface area contributed by atoms with Gasteiger partial charge in [-0.15, -0.1) is 11.3 Å². The van der Waals surface area contributed by atoms with Crippen LogP contribution in [0.15, 0.2) is 35.7 Å². The Bertz CT molecular complexity index is 648. The standard InChI is InChI=1S/C19H25N3OS/c1-2-6-18-21-17(14-24-18)13-20-16-9-11-22(12-10-16)19(23)15-7-4-3-5-8-15/h3-5,7-8,14,16,20H,2,6,9-13H2,1H3. The van der Waals surface area contributed by atoms with Gasteiger partial charge in [-0.1, -0.05) is 25.1 Å². The first-order chi connectivity index (χ1) is 11.8. The normalized spacial score (nSPS) is 15.6. The number of carbonyl (C=O) groups is 1. The molecule has 0 bridgehead atoms. The molecule has 1 aromatic heterocycles. The maximum Gasteiger partial charge on any atom is 0.253 e. The van der Waals surface area contributed by atoms with Gasteiger partial charge in [-0.05, 0) is 37.8 Å². The van der Waals surface area contributed by atoms with Gasteiger partial charge in [0.2, 0.25) is 0 Å². The Kier molecular flexibility index (Phi) is 5.99. The van der Waals surface area contributed by atoms with E-state index in [4.69, 9.17) is 0 Å². The molecule has 5 heteroatoms. The lowest BCUT2D eigenvalue weighted by Crippen LogP contribution is -2.44. The van der Waals surface area contributed by atoms with Crippen LogP contribution in [-0.4, -0.2) is 34.9 Å². The van der Waals surface area contributed by atoms with Crippen LogP contribution in [0.1, 0.15) is 47.2 Å². The molecule has 0 saturated carbocycles. The number of hydrogen-bond acceptors (Lipinski definition) is 4. The number of piperidine rings is 1. The van der Waals surface area contributed by atoms with E-state index in [0.717, 1.165) is 56.6 Å². The second kappa shape index (κ2) is 8.40. The molecule has 1 fully saturated rings. The molecule has 1 aliphatic heterocycles. The van der Waals surface area contributed by atoms with Crippen molar-refractivity contribution >= 4 is 17.2 Å². The minimum Gasteiger partial charge on any atom is -0.339 e. The van der Waals surface area contributed by atoms with Gasteiger partial charge < -0.3 is 10.2 Å². The summed E-state index contributed by atoms with van der Waals surface area (Å²) in [5.74, 6) is 0.151. The maximum atomic E-state index is 12.4. The highest BCUT2D eigenvalue weighted by Crippen LogP contribution is 2.16. The van der Waals surface area contributed by atoms with E-state index in [2.05, 4.69) is 22.6 Å². The largest absolute Gasteiger partial charge is 0.339 e. The van der Waals surface area contributed by atoms with Gasteiger partial charge in [-0.25, -0.2) is 4.98 Å². The summed E-state index contributed by atoms with van der Waals surface area (Å²) in [7, 11) is 0. The quantitative estimate of drug-likeness (QED) is 0.873. The molecule has 0 atom stereocenters. The number of aromatic nitrogens is 1. The minimum atomic E-state index is 0.151. The van der Waals surface area contributed by atoms with Crippen molar-refractivity contribution in [2.45, 2.75) is 45.2 Å². The first kappa shape index (κ1) is 17.1. The van der Waals surface area contributed by atoms with Gasteiger partial charge in [0.05, 0.1) is 10.7 Å². The van der Waals surface area contributed by atoms with Crippen LogP contribution in [0, 0.1) is 0 Å². The van der Waals surface area contributed by atoms with Crippen molar-refractivity contribution in [3.8, 4) is 0 Å². The lowest BCUT2D eigenvalue weighted by molar-refractivity contribution is 0.0704. The zero-order chi connectivity index (χ0) is 16.8. The van der Waals surface area contributed by atoms with Gasteiger partial charge in [0.15, 0.2) is 0 Å². The lowest BCUT2D eigenvalue weighted by Gasteiger charge is -2.32. The lowest BCUT2D eigenvalue weighted by atomic mass is 10.0. The van der Waals surface area contributed by atoms with Crippen LogP contribution in [0.2, 0.25) is 0 Å². The maximum absolute atomic E-state index is 12.4. The molecule has 1 aliphatic rings. The number of likely N-dealkylation sites (tertiary alicyclic amines) is 1. The highest BCUT2D eigenvalue weighted by molar-refractivity contribution is 7.09. The van der Waals surface area contributed by atoms with Crippen molar-refractivity contribution in [1.29, 1.82) is 0 Å². The van der Waals surface area contributed by atoms with Gasteiger partial charge in [-0.3, -0.25) is 4.79 Å². The zero-order valence-electron chi connectivity index (χ0n) is 14.2. The third-order valence-electron chi connectivity index (χ3n) is 4.44. The van der Waals surface area contributed by atoms with Crippen molar-refractivity contribution in [2.24, 2.45) is 0 Å². The van der Waals surface area contributed by atoms with E-state index in [1.54, 1.807) is 11.3 Å². The van der Waals surface area contributed by atoms with E-state index >= 15 is 0 Å². The molecular formula is C19H25N3OS. The van der Waals surface area contributed by atoms with Crippen LogP contribution in [0.4, 0.5) is 0 Å². The molecule has 1 amide bonds. The summed E-state index contributed by atoms with van der Waals surface area (Å²) in [6, 6.07) is 10.0. The molecule has 1 aromatic carbocycles. The molecule has 128 valence electrons. The van der Waals surface area contributed by atoms with E-state index in [-0.39, 0.29) is 5.91 Å². The molecule has 0 aliphatic carbocycles. The highest BCUT2D eigenvalue weighted by Gasteiger charge is 2.23. The Balaban J connectivity index is 1.44. The smallest absolute Gasteiger partial charge is 0.253 e. The second-order valence-corrected chi connectivity index (χ2v) is 7.24. The summed E-state index contributed by atoms with van der Waals surface area (Å²) in [6.07, 6.45) is 4.23. The predicted octanol–water partition coefficient (Wildman–Crippen LogP) is 3.49. The average molecular weight is 343 g/mol. The molecule has 1 N–H and O–H groups in total. The van der Waals surface area contributed by atoms with Gasteiger partial charge in [-0.2, -0.15) is 0 Å². The molecular weight excluding hydrogens is 318 g/mol. The molecule has 0 spiro atoms. The Morgan fingerprint density at radius 1 is 1.29 bits per heavy atom. The van der Waals surface area contributed by atoms with Gasteiger partial charge in [0, 0.05) is 36.6 Å². The number of amides is 1. The first-order valence-corrected chi connectivity index (χ1v) is 9.65. The predicted molar refractivity (Wildman–Crippen MR) is 98.3 cm³/mol. The molecule has 3 rings (SSSR count). The summed E-state index contributed by atoms with van der Waals surface area (Å²) in [4.78, 5) is 19.1. The number of aryl methyl sites for hydroxylation is 1. The number of rotatable bonds is 6. The van der Waals surface area contributed by atoms with Crippen LogP contribution < -0.4 is 5.32 Å². The van der Waals surface area contributed by atoms with Crippen LogP contribution in [0.25, 0.3) is 0 Å². The molecule has 24 heavy (non-hydrogen) atoms. The van der Waals surface area contributed by atoms with Crippen LogP contribution in [0.5, 0.6) is 0 Å². The molecule has 1 saturated heterocycles. The van der Waals surface area contributed by atoms with Crippen LogP contribution >= 0.6 is 11.3 Å². The number of hydrogen-bond donors (Lipinski definition) is 1. The van der Waals surface area contributed by atoms with Crippen LogP contribution in [-0.2, 0) is 13.0 Å². The van der Waals surface area contributed by atoms with Gasteiger partial charge in [0.1, 0.15) is 0 Å². The van der Waals surface area contributed by atoms with Crippen molar-refractivity contribution < 1.29 is 4.79 Å². The molecule has 0 radical (unpaired) electrons. The molecule has 2 aromatic rings. The number of nitrogens with one attached hydrogen (secondary N) is 1. The monoisotopic (exact) mass is 343 g/mol. The van der Waals surface area contributed by atoms with Crippen molar-refractivity contribution in [2.75, 3.05) is 13.1 Å². The van der Waals surface area contributed by atoms with Gasteiger partial charge in [0.25, 0.3) is 5.91 Å². The number of carbonyl (C=O) groups excluding carboxylic acids is 1. The first-order valence-electron chi connectivity index (χ1n) is 8.77. The topological polar surface area (TPSA) is 45.2 Å². The van der Waals surface area contributed by atoms with Crippen molar-refractivity contribution in [3.63, 3.8) is 0 Å². The summed E-state index contributed by atoms with van der Waals surface area (Å²) in [5, 5.41) is 6.99. The number of thiazole rings is 1. The molecule has 2 heterocycles. The Hall–Kier alpha value is -1.72. The Morgan fingerprint density at radius 3 is 2.75 bits per heavy atom. The third kappa shape index (κ3) is 4.42. The summed E-state index contributed by atoms with van der Waals surface area (Å²) in [5.41, 5.74) is 1.93. The Morgan fingerprint density at radius 2 is 2.04 bits per heavy atom. The third-order valence-corrected chi connectivity index (χ3v) is 5.40. The Labute approximate surface area is 147 Å². The minimum absolute atomic E-state index is 0.151. The van der Waals surface area contributed by atoms with E-state index in [0.29, 0.717) is 6.04 Å². The van der Waals surface area contributed by atoms with Gasteiger partial charge >= 0.3 is 0 Å². The SMILES string of the molecule is CCCc1nc(CNC2CCN(C(=O)c3ccccc3)CC2)cs1. The van der Waals surface area contributed by atoms with Crippen LogP contribution in [0.3, 0.4) is 0 Å². The molecule has 0 unspecified atom stereocenters. The fourth-order valence-electron chi connectivity index (χ4n) is 3.06. The number of nitrogens with zero attached hydrogens (tertiary/aromatic N) is 2. The summed E-state index contributed by atoms with van der Waals surface area (Å²) < 4.78 is 0. The van der Waals surface area contributed by atoms with E-state index in [9.17, 15) is 4.79 Å². The van der Waals surface area contributed by atoms with Crippen molar-refractivity contribution in [1.82, 2.24) is 15.2 Å². The second-order valence-electron chi connectivity index (χ2n) is 6.30. The zero-order valence-corrected chi connectivity index (χ0v) is 15.0. The number of benzene rings is 1. The highest BCUT2D eigenvalue weighted by atomic mass is 32.1. The van der Waals surface area contributed by atoms with E-state index in [1.165, 1.54) is 5.01 Å². The van der Waals surface area contributed by atoms with E-state index in [1.807, 2.05) is 35.2 Å². The van der Waals surface area contributed by atoms with Crippen molar-refractivity contribution in [3.05, 3.63) is 52.0 Å². The fourth-order valence-corrected chi connectivity index (χ4v) is 3.96. The average Bonchev–Trinajstić information content (AvgIpc) is 3.08.